The first-order valence-corrected chi connectivity index (χ1v) is 4.35. The summed E-state index contributed by atoms with van der Waals surface area (Å²) in [6.07, 6.45) is 2.31. The predicted molar refractivity (Wildman–Crippen MR) is 38.4 cm³/mol. The van der Waals surface area contributed by atoms with Gasteiger partial charge in [-0.1, -0.05) is 0 Å². The third-order valence-corrected chi connectivity index (χ3v) is 2.13. The lowest BCUT2D eigenvalue weighted by atomic mass is 10.5. The van der Waals surface area contributed by atoms with Crippen LogP contribution in [0.3, 0.4) is 0 Å². The molecule has 0 aliphatic rings. The van der Waals surface area contributed by atoms with E-state index in [0.717, 1.165) is 0 Å². The van der Waals surface area contributed by atoms with Gasteiger partial charge < -0.3 is 5.11 Å². The van der Waals surface area contributed by atoms with Crippen LogP contribution in [0.25, 0.3) is 0 Å². The Morgan fingerprint density at radius 2 is 2.22 bits per heavy atom. The number of rotatable bonds is 4. The molecule has 0 aromatic heterocycles. The molecule has 0 radical (unpaired) electrons. The topological polar surface area (TPSA) is 40.5 Å². The molecule has 9 heavy (non-hydrogen) atoms. The molecule has 3 nitrogen and oxygen atoms in total. The Labute approximate surface area is 58.3 Å². The van der Waals surface area contributed by atoms with Gasteiger partial charge in [0.15, 0.2) is 0 Å². The maximum atomic E-state index is 10.6. The third-order valence-electron chi connectivity index (χ3n) is 1.07. The molecule has 0 aromatic rings. The number of hydrogen-bond donors (Lipinski definition) is 1. The molecule has 0 aromatic carbocycles. The SMILES string of the molecule is CN(CCCO)S(C)=O. The molecule has 1 unspecified atom stereocenters. The van der Waals surface area contributed by atoms with Gasteiger partial charge in [-0.15, -0.1) is 0 Å². The Hall–Kier alpha value is 0.0700. The van der Waals surface area contributed by atoms with E-state index in [2.05, 4.69) is 0 Å². The van der Waals surface area contributed by atoms with E-state index in [1.54, 1.807) is 17.6 Å². The zero-order valence-corrected chi connectivity index (χ0v) is 6.65. The average Bonchev–Trinajstić information content (AvgIpc) is 1.82. The summed E-state index contributed by atoms with van der Waals surface area (Å²) >= 11 is 0. The smallest absolute Gasteiger partial charge is 0.0908 e. The van der Waals surface area contributed by atoms with Gasteiger partial charge in [-0.25, -0.2) is 8.51 Å². The van der Waals surface area contributed by atoms with E-state index < -0.39 is 11.0 Å². The lowest BCUT2D eigenvalue weighted by molar-refractivity contribution is 0.277. The minimum absolute atomic E-state index is 0.168. The summed E-state index contributed by atoms with van der Waals surface area (Å²) in [7, 11) is 0.880. The van der Waals surface area contributed by atoms with Crippen LogP contribution in [0.4, 0.5) is 0 Å². The molecule has 0 bridgehead atoms. The Bertz CT molecular complexity index is 97.0. The van der Waals surface area contributed by atoms with Crippen molar-refractivity contribution in [2.75, 3.05) is 26.5 Å². The van der Waals surface area contributed by atoms with E-state index in [1.165, 1.54) is 0 Å². The van der Waals surface area contributed by atoms with Crippen molar-refractivity contribution in [2.24, 2.45) is 0 Å². The fraction of sp³-hybridized carbons (Fsp3) is 1.00. The van der Waals surface area contributed by atoms with Crippen molar-refractivity contribution in [1.82, 2.24) is 4.31 Å². The molecule has 1 atom stereocenters. The summed E-state index contributed by atoms with van der Waals surface area (Å²) in [6, 6.07) is 0. The Morgan fingerprint density at radius 3 is 2.56 bits per heavy atom. The van der Waals surface area contributed by atoms with Gasteiger partial charge in [-0.2, -0.15) is 0 Å². The standard InChI is InChI=1S/C5H13NO2S/c1-6(9(2)8)4-3-5-7/h7H,3-5H2,1-2H3. The Balaban J connectivity index is 3.27. The largest absolute Gasteiger partial charge is 0.396 e. The maximum absolute atomic E-state index is 10.6. The van der Waals surface area contributed by atoms with Gasteiger partial charge in [0.2, 0.25) is 0 Å². The number of nitrogens with zero attached hydrogens (tertiary/aromatic N) is 1. The third kappa shape index (κ3) is 4.57. The van der Waals surface area contributed by atoms with Crippen LogP contribution in [0.15, 0.2) is 0 Å². The van der Waals surface area contributed by atoms with Crippen molar-refractivity contribution >= 4 is 11.0 Å². The zero-order valence-electron chi connectivity index (χ0n) is 5.83. The van der Waals surface area contributed by atoms with E-state index >= 15 is 0 Å². The van der Waals surface area contributed by atoms with E-state index in [-0.39, 0.29) is 6.61 Å². The van der Waals surface area contributed by atoms with E-state index in [4.69, 9.17) is 5.11 Å². The molecule has 1 N–H and O–H groups in total. The number of aliphatic hydroxyl groups excluding tert-OH is 1. The first kappa shape index (κ1) is 9.07. The summed E-state index contributed by atoms with van der Waals surface area (Å²) in [5.41, 5.74) is 0. The summed E-state index contributed by atoms with van der Waals surface area (Å²) < 4.78 is 12.3. The highest BCUT2D eigenvalue weighted by atomic mass is 32.2. The number of hydrogen-bond acceptors (Lipinski definition) is 2. The minimum atomic E-state index is -0.890. The molecule has 0 amide bonds. The van der Waals surface area contributed by atoms with Crippen LogP contribution in [-0.4, -0.2) is 40.1 Å². The highest BCUT2D eigenvalue weighted by Crippen LogP contribution is 1.88. The number of aliphatic hydroxyl groups is 1. The van der Waals surface area contributed by atoms with Crippen LogP contribution in [0.2, 0.25) is 0 Å². The molecular weight excluding hydrogens is 138 g/mol. The van der Waals surface area contributed by atoms with Crippen molar-refractivity contribution in [3.63, 3.8) is 0 Å². The van der Waals surface area contributed by atoms with Crippen LogP contribution < -0.4 is 0 Å². The first-order valence-electron chi connectivity index (χ1n) is 2.84. The maximum Gasteiger partial charge on any atom is 0.0908 e. The molecule has 0 saturated carbocycles. The lowest BCUT2D eigenvalue weighted by Gasteiger charge is -2.10. The van der Waals surface area contributed by atoms with Crippen molar-refractivity contribution in [3.05, 3.63) is 0 Å². The minimum Gasteiger partial charge on any atom is -0.396 e. The summed E-state index contributed by atoms with van der Waals surface area (Å²) in [5, 5.41) is 8.37. The average molecular weight is 151 g/mol. The first-order chi connectivity index (χ1) is 4.18. The molecule has 0 saturated heterocycles. The second-order valence-electron chi connectivity index (χ2n) is 1.85. The molecular formula is C5H13NO2S. The van der Waals surface area contributed by atoms with E-state index in [1.807, 2.05) is 0 Å². The highest BCUT2D eigenvalue weighted by Gasteiger charge is 1.98. The zero-order chi connectivity index (χ0) is 7.28. The molecule has 0 rings (SSSR count). The van der Waals surface area contributed by atoms with E-state index in [9.17, 15) is 4.21 Å². The molecule has 0 spiro atoms. The second-order valence-corrected chi connectivity index (χ2v) is 3.32. The van der Waals surface area contributed by atoms with Gasteiger partial charge in [0.25, 0.3) is 0 Å². The Morgan fingerprint density at radius 1 is 1.67 bits per heavy atom. The van der Waals surface area contributed by atoms with Crippen LogP contribution in [0, 0.1) is 0 Å². The predicted octanol–water partition coefficient (Wildman–Crippen LogP) is -0.406. The van der Waals surface area contributed by atoms with Crippen molar-refractivity contribution in [3.8, 4) is 0 Å². The summed E-state index contributed by atoms with van der Waals surface area (Å²) in [5.74, 6) is 0. The van der Waals surface area contributed by atoms with Gasteiger partial charge in [0.1, 0.15) is 0 Å². The fourth-order valence-electron chi connectivity index (χ4n) is 0.422. The van der Waals surface area contributed by atoms with Gasteiger partial charge >= 0.3 is 0 Å². The van der Waals surface area contributed by atoms with Gasteiger partial charge in [-0.05, 0) is 13.5 Å². The second kappa shape index (κ2) is 4.90. The van der Waals surface area contributed by atoms with Gasteiger partial charge in [-0.3, -0.25) is 0 Å². The highest BCUT2D eigenvalue weighted by molar-refractivity contribution is 7.81. The molecule has 56 valence electrons. The molecule has 0 aliphatic heterocycles. The van der Waals surface area contributed by atoms with Crippen molar-refractivity contribution in [1.29, 1.82) is 0 Å². The fourth-order valence-corrected chi connectivity index (χ4v) is 0.808. The molecule has 0 heterocycles. The van der Waals surface area contributed by atoms with Crippen LogP contribution >= 0.6 is 0 Å². The molecule has 0 aliphatic carbocycles. The normalized spacial score (nSPS) is 14.2. The molecule has 0 fully saturated rings. The monoisotopic (exact) mass is 151 g/mol. The summed E-state index contributed by atoms with van der Waals surface area (Å²) in [6.45, 7) is 0.862. The van der Waals surface area contributed by atoms with Gasteiger partial charge in [0, 0.05) is 19.4 Å². The van der Waals surface area contributed by atoms with Gasteiger partial charge in [0.05, 0.1) is 11.0 Å². The quantitative estimate of drug-likeness (QED) is 0.593. The Kier molecular flexibility index (Phi) is 4.94. The molecule has 4 heteroatoms. The summed E-state index contributed by atoms with van der Waals surface area (Å²) in [4.78, 5) is 0. The van der Waals surface area contributed by atoms with Crippen LogP contribution in [-0.2, 0) is 11.0 Å². The van der Waals surface area contributed by atoms with Crippen molar-refractivity contribution < 1.29 is 9.32 Å². The van der Waals surface area contributed by atoms with Crippen LogP contribution in [0.1, 0.15) is 6.42 Å². The van der Waals surface area contributed by atoms with E-state index in [0.29, 0.717) is 13.0 Å². The van der Waals surface area contributed by atoms with Crippen molar-refractivity contribution in [2.45, 2.75) is 6.42 Å². The van der Waals surface area contributed by atoms with Crippen LogP contribution in [0.5, 0.6) is 0 Å². The lowest BCUT2D eigenvalue weighted by Crippen LogP contribution is -2.21.